The second-order valence-corrected chi connectivity index (χ2v) is 9.00. The standard InChI is InChI=1S/C20H23N3O3S/c1-18(2)19(3)9-10-20(18,26-17(19)25)16(24)22-14-11-21-23(12-14)13-27-15-7-5-4-6-8-15/h4-8,11-12H,9-10,13H2,1-3H3,(H,22,24). The summed E-state index contributed by atoms with van der Waals surface area (Å²) >= 11 is 1.66. The highest BCUT2D eigenvalue weighted by Gasteiger charge is 2.75. The maximum absolute atomic E-state index is 13.1. The predicted molar refractivity (Wildman–Crippen MR) is 103 cm³/mol. The molecule has 2 heterocycles. The number of benzene rings is 1. The van der Waals surface area contributed by atoms with Crippen LogP contribution < -0.4 is 5.32 Å². The van der Waals surface area contributed by atoms with Crippen LogP contribution in [0, 0.1) is 10.8 Å². The fourth-order valence-corrected chi connectivity index (χ4v) is 4.91. The topological polar surface area (TPSA) is 73.2 Å². The van der Waals surface area contributed by atoms with Crippen molar-refractivity contribution in [3.8, 4) is 0 Å². The number of carbonyl (C=O) groups is 2. The van der Waals surface area contributed by atoms with Gasteiger partial charge in [0.2, 0.25) is 0 Å². The molecule has 2 aliphatic rings. The number of anilines is 1. The van der Waals surface area contributed by atoms with Gasteiger partial charge in [0, 0.05) is 16.5 Å². The molecule has 1 aromatic carbocycles. The summed E-state index contributed by atoms with van der Waals surface area (Å²) in [5.41, 5.74) is -1.67. The first-order chi connectivity index (χ1) is 12.8. The fourth-order valence-electron chi connectivity index (χ4n) is 4.14. The number of esters is 1. The summed E-state index contributed by atoms with van der Waals surface area (Å²) in [5.74, 6) is 0.102. The lowest BCUT2D eigenvalue weighted by Gasteiger charge is -2.35. The Morgan fingerprint density at radius 1 is 1.26 bits per heavy atom. The van der Waals surface area contributed by atoms with Gasteiger partial charge in [0.05, 0.1) is 23.2 Å². The molecule has 142 valence electrons. The summed E-state index contributed by atoms with van der Waals surface area (Å²) in [4.78, 5) is 26.5. The molecule has 1 saturated carbocycles. The number of carbonyl (C=O) groups excluding carboxylic acids is 2. The second-order valence-electron chi connectivity index (χ2n) is 7.98. The summed E-state index contributed by atoms with van der Waals surface area (Å²) in [6, 6.07) is 10.1. The van der Waals surface area contributed by atoms with Gasteiger partial charge >= 0.3 is 5.97 Å². The monoisotopic (exact) mass is 385 g/mol. The number of fused-ring (bicyclic) bond motifs is 2. The van der Waals surface area contributed by atoms with E-state index < -0.39 is 16.4 Å². The number of thioether (sulfide) groups is 1. The highest BCUT2D eigenvalue weighted by molar-refractivity contribution is 7.98. The number of nitrogens with zero attached hydrogens (tertiary/aromatic N) is 2. The van der Waals surface area contributed by atoms with Crippen molar-refractivity contribution in [1.82, 2.24) is 9.78 Å². The van der Waals surface area contributed by atoms with E-state index in [-0.39, 0.29) is 11.9 Å². The number of amides is 1. The van der Waals surface area contributed by atoms with Gasteiger partial charge in [0.15, 0.2) is 5.60 Å². The quantitative estimate of drug-likeness (QED) is 0.628. The number of hydrogen-bond acceptors (Lipinski definition) is 5. The van der Waals surface area contributed by atoms with Crippen molar-refractivity contribution in [3.05, 3.63) is 42.7 Å². The molecule has 1 N–H and O–H groups in total. The Bertz CT molecular complexity index is 895. The molecule has 0 spiro atoms. The number of rotatable bonds is 5. The summed E-state index contributed by atoms with van der Waals surface area (Å²) in [6.07, 6.45) is 4.63. The fraction of sp³-hybridized carbons (Fsp3) is 0.450. The van der Waals surface area contributed by atoms with E-state index in [1.165, 1.54) is 0 Å². The molecule has 0 radical (unpaired) electrons. The molecule has 1 aliphatic carbocycles. The van der Waals surface area contributed by atoms with E-state index in [1.807, 2.05) is 51.1 Å². The molecule has 2 bridgehead atoms. The number of aromatic nitrogens is 2. The molecule has 2 aromatic rings. The van der Waals surface area contributed by atoms with Crippen LogP contribution in [0.2, 0.25) is 0 Å². The van der Waals surface area contributed by atoms with Gasteiger partial charge in [-0.15, -0.1) is 11.8 Å². The Hall–Kier alpha value is -2.28. The zero-order valence-electron chi connectivity index (χ0n) is 15.7. The van der Waals surface area contributed by atoms with Crippen LogP contribution in [0.4, 0.5) is 5.69 Å². The summed E-state index contributed by atoms with van der Waals surface area (Å²) in [7, 11) is 0. The van der Waals surface area contributed by atoms with E-state index in [4.69, 9.17) is 4.74 Å². The van der Waals surface area contributed by atoms with E-state index in [1.54, 1.807) is 28.8 Å². The number of hydrogen-bond donors (Lipinski definition) is 1. The smallest absolute Gasteiger partial charge is 0.313 e. The molecule has 1 saturated heterocycles. The molecule has 2 atom stereocenters. The number of ether oxygens (including phenoxy) is 1. The van der Waals surface area contributed by atoms with Crippen molar-refractivity contribution >= 4 is 29.3 Å². The van der Waals surface area contributed by atoms with Crippen LogP contribution in [-0.2, 0) is 20.2 Å². The van der Waals surface area contributed by atoms with Crippen LogP contribution in [-0.4, -0.2) is 27.3 Å². The van der Waals surface area contributed by atoms with Crippen LogP contribution in [0.1, 0.15) is 33.6 Å². The zero-order valence-corrected chi connectivity index (χ0v) is 16.5. The summed E-state index contributed by atoms with van der Waals surface area (Å²) in [5, 5.41) is 7.21. The van der Waals surface area contributed by atoms with Gasteiger partial charge in [-0.3, -0.25) is 14.3 Å². The molecule has 1 aromatic heterocycles. The van der Waals surface area contributed by atoms with Gasteiger partial charge in [-0.05, 0) is 31.9 Å². The van der Waals surface area contributed by atoms with Gasteiger partial charge in [-0.25, -0.2) is 0 Å². The molecule has 27 heavy (non-hydrogen) atoms. The van der Waals surface area contributed by atoms with Crippen LogP contribution in [0.25, 0.3) is 0 Å². The van der Waals surface area contributed by atoms with E-state index in [9.17, 15) is 9.59 Å². The minimum absolute atomic E-state index is 0.266. The minimum atomic E-state index is -1.11. The Balaban J connectivity index is 1.45. The van der Waals surface area contributed by atoms with Crippen molar-refractivity contribution in [2.24, 2.45) is 10.8 Å². The summed E-state index contributed by atoms with van der Waals surface area (Å²) in [6.45, 7) is 5.80. The van der Waals surface area contributed by atoms with E-state index >= 15 is 0 Å². The Morgan fingerprint density at radius 3 is 2.63 bits per heavy atom. The van der Waals surface area contributed by atoms with Gasteiger partial charge < -0.3 is 10.1 Å². The van der Waals surface area contributed by atoms with Gasteiger partial charge in [0.1, 0.15) is 0 Å². The van der Waals surface area contributed by atoms with Crippen molar-refractivity contribution in [3.63, 3.8) is 0 Å². The SMILES string of the molecule is CC12CCC(C(=O)Nc3cnn(CSc4ccccc4)c3)(OC1=O)C2(C)C. The normalized spacial score (nSPS) is 28.2. The van der Waals surface area contributed by atoms with Crippen molar-refractivity contribution < 1.29 is 14.3 Å². The van der Waals surface area contributed by atoms with Gasteiger partial charge in [-0.1, -0.05) is 32.0 Å². The molecular weight excluding hydrogens is 362 g/mol. The zero-order chi connectivity index (χ0) is 19.3. The largest absolute Gasteiger partial charge is 0.448 e. The molecule has 7 heteroatoms. The van der Waals surface area contributed by atoms with E-state index in [0.717, 1.165) is 4.90 Å². The lowest BCUT2D eigenvalue weighted by molar-refractivity contribution is -0.165. The maximum atomic E-state index is 13.1. The molecule has 6 nitrogen and oxygen atoms in total. The molecule has 4 rings (SSSR count). The lowest BCUT2D eigenvalue weighted by Crippen LogP contribution is -2.50. The second kappa shape index (κ2) is 6.12. The number of nitrogens with one attached hydrogen (secondary N) is 1. The highest BCUT2D eigenvalue weighted by Crippen LogP contribution is 2.65. The van der Waals surface area contributed by atoms with Crippen molar-refractivity contribution in [2.75, 3.05) is 5.32 Å². The molecule has 1 amide bonds. The maximum Gasteiger partial charge on any atom is 0.313 e. The van der Waals surface area contributed by atoms with Gasteiger partial charge in [-0.2, -0.15) is 5.10 Å². The van der Waals surface area contributed by atoms with Crippen LogP contribution >= 0.6 is 11.8 Å². The van der Waals surface area contributed by atoms with Gasteiger partial charge in [0.25, 0.3) is 5.91 Å². The van der Waals surface area contributed by atoms with E-state index in [0.29, 0.717) is 24.4 Å². The Labute approximate surface area is 162 Å². The highest BCUT2D eigenvalue weighted by atomic mass is 32.2. The molecule has 1 aliphatic heterocycles. The average molecular weight is 385 g/mol. The van der Waals surface area contributed by atoms with Crippen molar-refractivity contribution in [1.29, 1.82) is 0 Å². The average Bonchev–Trinajstić information content (AvgIpc) is 3.22. The first-order valence-electron chi connectivity index (χ1n) is 9.04. The third-order valence-corrected chi connectivity index (χ3v) is 7.45. The lowest BCUT2D eigenvalue weighted by atomic mass is 9.66. The third kappa shape index (κ3) is 2.59. The molecule has 2 fully saturated rings. The van der Waals surface area contributed by atoms with Crippen molar-refractivity contribution in [2.45, 2.75) is 50.0 Å². The third-order valence-electron chi connectivity index (χ3n) is 6.45. The Morgan fingerprint density at radius 2 is 2.00 bits per heavy atom. The first kappa shape index (κ1) is 18.1. The molecular formula is C20H23N3O3S. The van der Waals surface area contributed by atoms with Crippen LogP contribution in [0.15, 0.2) is 47.6 Å². The summed E-state index contributed by atoms with van der Waals surface area (Å²) < 4.78 is 7.40. The predicted octanol–water partition coefficient (Wildman–Crippen LogP) is 3.69. The minimum Gasteiger partial charge on any atom is -0.448 e. The Kier molecular flexibility index (Phi) is 4.10. The molecule has 2 unspecified atom stereocenters. The van der Waals surface area contributed by atoms with Crippen LogP contribution in [0.5, 0.6) is 0 Å². The first-order valence-corrected chi connectivity index (χ1v) is 10.0. The van der Waals surface area contributed by atoms with Crippen LogP contribution in [0.3, 0.4) is 0 Å². The van der Waals surface area contributed by atoms with E-state index in [2.05, 4.69) is 10.4 Å².